The van der Waals surface area contributed by atoms with Crippen LogP contribution >= 0.6 is 11.3 Å². The Kier molecular flexibility index (Phi) is 4.23. The van der Waals surface area contributed by atoms with E-state index in [1.54, 1.807) is 11.3 Å². The van der Waals surface area contributed by atoms with Crippen molar-refractivity contribution in [1.29, 1.82) is 0 Å². The van der Waals surface area contributed by atoms with Crippen molar-refractivity contribution in [2.75, 3.05) is 0 Å². The number of hydrogen-bond acceptors (Lipinski definition) is 4. The zero-order chi connectivity index (χ0) is 11.4. The van der Waals surface area contributed by atoms with E-state index in [0.29, 0.717) is 13.0 Å². The van der Waals surface area contributed by atoms with E-state index in [2.05, 4.69) is 17.2 Å². The smallest absolute Gasteiger partial charge is 0.218 e. The number of aryl methyl sites for hydroxylation is 2. The molecule has 0 spiro atoms. The molecule has 1 atom stereocenters. The van der Waals surface area contributed by atoms with Crippen molar-refractivity contribution >= 4 is 17.2 Å². The van der Waals surface area contributed by atoms with E-state index < -0.39 is 0 Å². The molecule has 4 nitrogen and oxygen atoms in total. The Bertz CT molecular complexity index is 329. The molecule has 3 N–H and O–H groups in total. The van der Waals surface area contributed by atoms with Crippen LogP contribution in [0.1, 0.15) is 28.9 Å². The fourth-order valence-electron chi connectivity index (χ4n) is 1.25. The molecule has 1 heterocycles. The van der Waals surface area contributed by atoms with Gasteiger partial charge in [-0.15, -0.1) is 11.3 Å². The maximum Gasteiger partial charge on any atom is 0.218 e. The summed E-state index contributed by atoms with van der Waals surface area (Å²) in [5.41, 5.74) is 6.18. The highest BCUT2D eigenvalue weighted by Crippen LogP contribution is 2.16. The van der Waals surface area contributed by atoms with Gasteiger partial charge < -0.3 is 11.1 Å². The quantitative estimate of drug-likeness (QED) is 0.792. The number of thiazole rings is 1. The lowest BCUT2D eigenvalue weighted by molar-refractivity contribution is -0.118. The molecule has 0 aromatic carbocycles. The van der Waals surface area contributed by atoms with E-state index in [1.807, 2.05) is 13.8 Å². The zero-order valence-corrected chi connectivity index (χ0v) is 10.1. The first-order chi connectivity index (χ1) is 6.99. The van der Waals surface area contributed by atoms with Crippen LogP contribution in [0.4, 0.5) is 0 Å². The Hall–Kier alpha value is -0.940. The molecule has 1 aromatic rings. The molecule has 0 bridgehead atoms. The topological polar surface area (TPSA) is 68.0 Å². The van der Waals surface area contributed by atoms with Crippen LogP contribution in [0, 0.1) is 13.8 Å². The molecule has 0 radical (unpaired) electrons. The maximum absolute atomic E-state index is 10.6. The lowest BCUT2D eigenvalue weighted by atomic mass is 10.2. The number of carbonyl (C=O) groups excluding carboxylic acids is 1. The van der Waals surface area contributed by atoms with Crippen LogP contribution in [-0.4, -0.2) is 16.9 Å². The Morgan fingerprint density at radius 1 is 1.60 bits per heavy atom. The van der Waals surface area contributed by atoms with E-state index in [0.717, 1.165) is 10.7 Å². The van der Waals surface area contributed by atoms with Gasteiger partial charge in [0.2, 0.25) is 5.91 Å². The van der Waals surface area contributed by atoms with Crippen molar-refractivity contribution in [1.82, 2.24) is 10.3 Å². The minimum Gasteiger partial charge on any atom is -0.370 e. The van der Waals surface area contributed by atoms with Crippen LogP contribution in [-0.2, 0) is 11.3 Å². The first kappa shape index (κ1) is 12.1. The van der Waals surface area contributed by atoms with Crippen molar-refractivity contribution in [3.63, 3.8) is 0 Å². The first-order valence-electron chi connectivity index (χ1n) is 4.93. The molecule has 1 unspecified atom stereocenters. The number of aromatic nitrogens is 1. The third-order valence-electron chi connectivity index (χ3n) is 2.18. The molecular formula is C10H17N3OS. The highest BCUT2D eigenvalue weighted by molar-refractivity contribution is 7.11. The van der Waals surface area contributed by atoms with Crippen molar-refractivity contribution in [3.8, 4) is 0 Å². The third-order valence-corrected chi connectivity index (χ3v) is 3.25. The van der Waals surface area contributed by atoms with Gasteiger partial charge in [-0.1, -0.05) is 0 Å². The van der Waals surface area contributed by atoms with Crippen molar-refractivity contribution < 1.29 is 4.79 Å². The van der Waals surface area contributed by atoms with E-state index in [-0.39, 0.29) is 11.9 Å². The Labute approximate surface area is 93.9 Å². The highest BCUT2D eigenvalue weighted by Gasteiger charge is 2.07. The van der Waals surface area contributed by atoms with Gasteiger partial charge in [0.05, 0.1) is 5.69 Å². The minimum atomic E-state index is -0.276. The average Bonchev–Trinajstić information content (AvgIpc) is 2.42. The number of rotatable bonds is 5. The number of nitrogens with two attached hydrogens (primary N) is 1. The summed E-state index contributed by atoms with van der Waals surface area (Å²) in [6.45, 7) is 6.71. The lowest BCUT2D eigenvalue weighted by Crippen LogP contribution is -2.30. The molecular weight excluding hydrogens is 210 g/mol. The third kappa shape index (κ3) is 3.97. The fraction of sp³-hybridized carbons (Fsp3) is 0.600. The van der Waals surface area contributed by atoms with E-state index in [4.69, 9.17) is 5.73 Å². The van der Waals surface area contributed by atoms with Crippen LogP contribution < -0.4 is 11.1 Å². The molecule has 0 aliphatic rings. The number of primary amides is 1. The Morgan fingerprint density at radius 2 is 2.27 bits per heavy atom. The normalized spacial score (nSPS) is 12.7. The summed E-state index contributed by atoms with van der Waals surface area (Å²) in [6.07, 6.45) is 0.364. The largest absolute Gasteiger partial charge is 0.370 e. The fourth-order valence-corrected chi connectivity index (χ4v) is 2.14. The number of carbonyl (C=O) groups is 1. The van der Waals surface area contributed by atoms with E-state index in [9.17, 15) is 4.79 Å². The first-order valence-corrected chi connectivity index (χ1v) is 5.75. The second kappa shape index (κ2) is 5.23. The van der Waals surface area contributed by atoms with E-state index >= 15 is 0 Å². The number of amides is 1. The van der Waals surface area contributed by atoms with Crippen LogP contribution in [0.5, 0.6) is 0 Å². The summed E-state index contributed by atoms with van der Waals surface area (Å²) in [6, 6.07) is 0.104. The molecule has 1 aromatic heterocycles. The predicted octanol–water partition coefficient (Wildman–Crippen LogP) is 1.11. The molecule has 84 valence electrons. The molecule has 15 heavy (non-hydrogen) atoms. The van der Waals surface area contributed by atoms with Gasteiger partial charge in [-0.05, 0) is 20.8 Å². The van der Waals surface area contributed by atoms with Gasteiger partial charge in [0.25, 0.3) is 0 Å². The van der Waals surface area contributed by atoms with Gasteiger partial charge in [0.1, 0.15) is 5.01 Å². The molecule has 0 saturated heterocycles. The van der Waals surface area contributed by atoms with Gasteiger partial charge in [-0.2, -0.15) is 0 Å². The van der Waals surface area contributed by atoms with Gasteiger partial charge >= 0.3 is 0 Å². The summed E-state index contributed by atoms with van der Waals surface area (Å²) in [5, 5.41) is 4.27. The van der Waals surface area contributed by atoms with Crippen LogP contribution in [0.15, 0.2) is 0 Å². The summed E-state index contributed by atoms with van der Waals surface area (Å²) >= 11 is 1.69. The molecule has 5 heteroatoms. The van der Waals surface area contributed by atoms with Crippen molar-refractivity contribution in [3.05, 3.63) is 15.6 Å². The summed E-state index contributed by atoms with van der Waals surface area (Å²) < 4.78 is 0. The average molecular weight is 227 g/mol. The minimum absolute atomic E-state index is 0.104. The molecule has 0 saturated carbocycles. The number of nitrogens with zero attached hydrogens (tertiary/aromatic N) is 1. The number of hydrogen-bond donors (Lipinski definition) is 2. The van der Waals surface area contributed by atoms with Gasteiger partial charge in [0, 0.05) is 23.9 Å². The zero-order valence-electron chi connectivity index (χ0n) is 9.33. The summed E-state index contributed by atoms with van der Waals surface area (Å²) in [7, 11) is 0. The Balaban J connectivity index is 2.40. The van der Waals surface area contributed by atoms with Gasteiger partial charge in [-0.3, -0.25) is 4.79 Å². The van der Waals surface area contributed by atoms with Crippen molar-refractivity contribution in [2.24, 2.45) is 5.73 Å². The lowest BCUT2D eigenvalue weighted by Gasteiger charge is -2.09. The molecule has 1 rings (SSSR count). The highest BCUT2D eigenvalue weighted by atomic mass is 32.1. The van der Waals surface area contributed by atoms with Gasteiger partial charge in [-0.25, -0.2) is 4.98 Å². The Morgan fingerprint density at radius 3 is 2.73 bits per heavy atom. The molecule has 0 aliphatic carbocycles. The predicted molar refractivity (Wildman–Crippen MR) is 61.7 cm³/mol. The van der Waals surface area contributed by atoms with E-state index in [1.165, 1.54) is 4.88 Å². The summed E-state index contributed by atoms with van der Waals surface area (Å²) in [4.78, 5) is 16.3. The van der Waals surface area contributed by atoms with Crippen LogP contribution in [0.25, 0.3) is 0 Å². The maximum atomic E-state index is 10.6. The monoisotopic (exact) mass is 227 g/mol. The molecule has 0 aliphatic heterocycles. The second-order valence-electron chi connectivity index (χ2n) is 3.70. The number of nitrogens with one attached hydrogen (secondary N) is 1. The standard InChI is InChI=1S/C10H17N3OS/c1-6(4-9(11)14)12-5-10-13-7(2)8(3)15-10/h6,12H,4-5H2,1-3H3,(H2,11,14). The van der Waals surface area contributed by atoms with Crippen LogP contribution in [0.2, 0.25) is 0 Å². The van der Waals surface area contributed by atoms with Gasteiger partial charge in [0.15, 0.2) is 0 Å². The SMILES string of the molecule is Cc1nc(CNC(C)CC(N)=O)sc1C. The molecule has 0 fully saturated rings. The van der Waals surface area contributed by atoms with Crippen LogP contribution in [0.3, 0.4) is 0 Å². The van der Waals surface area contributed by atoms with Crippen molar-refractivity contribution in [2.45, 2.75) is 39.8 Å². The summed E-state index contributed by atoms with van der Waals surface area (Å²) in [5.74, 6) is -0.276. The second-order valence-corrected chi connectivity index (χ2v) is 4.99. The molecule has 1 amide bonds.